The maximum Gasteiger partial charge on any atom is 0.209 e. The van der Waals surface area contributed by atoms with Gasteiger partial charge in [-0.3, -0.25) is 4.79 Å². The summed E-state index contributed by atoms with van der Waals surface area (Å²) in [5, 5.41) is 3.45. The lowest BCUT2D eigenvalue weighted by Gasteiger charge is -1.91. The SMILES string of the molecule is N/N=C1\Cc2ccccc2C1=O. The van der Waals surface area contributed by atoms with Crippen molar-refractivity contribution in [3.8, 4) is 0 Å². The quantitative estimate of drug-likeness (QED) is 0.449. The van der Waals surface area contributed by atoms with Gasteiger partial charge in [-0.1, -0.05) is 24.3 Å². The van der Waals surface area contributed by atoms with Crippen molar-refractivity contribution >= 4 is 11.5 Å². The smallest absolute Gasteiger partial charge is 0.209 e. The fraction of sp³-hybridized carbons (Fsp3) is 0.111. The summed E-state index contributed by atoms with van der Waals surface area (Å²) in [5.41, 5.74) is 2.21. The van der Waals surface area contributed by atoms with Crippen LogP contribution in [0.4, 0.5) is 0 Å². The van der Waals surface area contributed by atoms with Gasteiger partial charge in [0.1, 0.15) is 5.71 Å². The minimum atomic E-state index is -0.0342. The maximum atomic E-state index is 11.4. The lowest BCUT2D eigenvalue weighted by molar-refractivity contribution is 0.106. The molecule has 1 aliphatic carbocycles. The zero-order chi connectivity index (χ0) is 8.55. The lowest BCUT2D eigenvalue weighted by Crippen LogP contribution is -2.09. The van der Waals surface area contributed by atoms with Crippen molar-refractivity contribution in [3.05, 3.63) is 35.4 Å². The van der Waals surface area contributed by atoms with E-state index in [0.29, 0.717) is 12.1 Å². The Morgan fingerprint density at radius 3 is 2.75 bits per heavy atom. The number of nitrogens with two attached hydrogens (primary N) is 1. The highest BCUT2D eigenvalue weighted by molar-refractivity contribution is 6.49. The summed E-state index contributed by atoms with van der Waals surface area (Å²) in [4.78, 5) is 11.4. The van der Waals surface area contributed by atoms with E-state index in [1.807, 2.05) is 18.2 Å². The Kier molecular flexibility index (Phi) is 1.43. The van der Waals surface area contributed by atoms with Gasteiger partial charge in [-0.2, -0.15) is 5.10 Å². The third kappa shape index (κ3) is 0.830. The molecule has 0 saturated heterocycles. The zero-order valence-electron chi connectivity index (χ0n) is 6.45. The van der Waals surface area contributed by atoms with E-state index in [0.717, 1.165) is 11.1 Å². The Labute approximate surface area is 69.9 Å². The normalized spacial score (nSPS) is 18.3. The molecule has 0 atom stereocenters. The van der Waals surface area contributed by atoms with Gasteiger partial charge in [0.25, 0.3) is 0 Å². The monoisotopic (exact) mass is 160 g/mol. The van der Waals surface area contributed by atoms with Crippen molar-refractivity contribution in [2.75, 3.05) is 0 Å². The molecule has 0 heterocycles. The van der Waals surface area contributed by atoms with Gasteiger partial charge in [-0.05, 0) is 5.56 Å². The van der Waals surface area contributed by atoms with E-state index in [1.165, 1.54) is 0 Å². The average Bonchev–Trinajstić information content (AvgIpc) is 2.44. The van der Waals surface area contributed by atoms with Crippen molar-refractivity contribution < 1.29 is 4.79 Å². The third-order valence-electron chi connectivity index (χ3n) is 2.04. The molecular weight excluding hydrogens is 152 g/mol. The number of hydrogen-bond donors (Lipinski definition) is 1. The molecular formula is C9H8N2O. The highest BCUT2D eigenvalue weighted by atomic mass is 16.1. The molecule has 2 rings (SSSR count). The van der Waals surface area contributed by atoms with E-state index in [1.54, 1.807) is 6.07 Å². The Bertz CT molecular complexity index is 369. The number of hydrazone groups is 1. The van der Waals surface area contributed by atoms with Crippen LogP contribution in [0.15, 0.2) is 29.4 Å². The van der Waals surface area contributed by atoms with Crippen LogP contribution >= 0.6 is 0 Å². The first-order valence-electron chi connectivity index (χ1n) is 3.72. The van der Waals surface area contributed by atoms with Gasteiger partial charge in [0, 0.05) is 12.0 Å². The first-order valence-corrected chi connectivity index (χ1v) is 3.72. The molecule has 3 heteroatoms. The molecule has 0 unspecified atom stereocenters. The van der Waals surface area contributed by atoms with Crippen LogP contribution in [0.5, 0.6) is 0 Å². The van der Waals surface area contributed by atoms with Crippen molar-refractivity contribution in [1.29, 1.82) is 0 Å². The van der Waals surface area contributed by atoms with Crippen LogP contribution in [0.1, 0.15) is 15.9 Å². The van der Waals surface area contributed by atoms with E-state index in [4.69, 9.17) is 5.84 Å². The standard InChI is InChI=1S/C9H8N2O/c10-11-8-5-6-3-1-2-4-7(6)9(8)12/h1-4H,5,10H2/b11-8+. The Hall–Kier alpha value is -1.64. The van der Waals surface area contributed by atoms with Gasteiger partial charge < -0.3 is 5.84 Å². The van der Waals surface area contributed by atoms with E-state index in [9.17, 15) is 4.79 Å². The van der Waals surface area contributed by atoms with Crippen LogP contribution in [0.2, 0.25) is 0 Å². The van der Waals surface area contributed by atoms with Gasteiger partial charge in [-0.25, -0.2) is 0 Å². The third-order valence-corrected chi connectivity index (χ3v) is 2.04. The van der Waals surface area contributed by atoms with Crippen molar-refractivity contribution in [2.45, 2.75) is 6.42 Å². The second kappa shape index (κ2) is 2.44. The lowest BCUT2D eigenvalue weighted by atomic mass is 10.1. The van der Waals surface area contributed by atoms with Gasteiger partial charge in [-0.15, -0.1) is 0 Å². The number of ketones is 1. The molecule has 1 aliphatic rings. The molecule has 0 fully saturated rings. The average molecular weight is 160 g/mol. The molecule has 0 saturated carbocycles. The molecule has 12 heavy (non-hydrogen) atoms. The highest BCUT2D eigenvalue weighted by Gasteiger charge is 2.25. The van der Waals surface area contributed by atoms with E-state index < -0.39 is 0 Å². The summed E-state index contributed by atoms with van der Waals surface area (Å²) < 4.78 is 0. The maximum absolute atomic E-state index is 11.4. The predicted molar refractivity (Wildman–Crippen MR) is 46.1 cm³/mol. The second-order valence-electron chi connectivity index (χ2n) is 2.74. The van der Waals surface area contributed by atoms with E-state index in [2.05, 4.69) is 5.10 Å². The fourth-order valence-electron chi connectivity index (χ4n) is 1.42. The number of fused-ring (bicyclic) bond motifs is 1. The largest absolute Gasteiger partial charge is 0.323 e. The fourth-order valence-corrected chi connectivity index (χ4v) is 1.42. The summed E-state index contributed by atoms with van der Waals surface area (Å²) in [6.45, 7) is 0. The van der Waals surface area contributed by atoms with Gasteiger partial charge in [0.2, 0.25) is 5.78 Å². The van der Waals surface area contributed by atoms with Crippen LogP contribution in [0, 0.1) is 0 Å². The van der Waals surface area contributed by atoms with E-state index >= 15 is 0 Å². The minimum absolute atomic E-state index is 0.0342. The number of carbonyl (C=O) groups excluding carboxylic acids is 1. The number of hydrogen-bond acceptors (Lipinski definition) is 3. The zero-order valence-corrected chi connectivity index (χ0v) is 6.45. The molecule has 0 bridgehead atoms. The van der Waals surface area contributed by atoms with Crippen molar-refractivity contribution in [1.82, 2.24) is 0 Å². The summed E-state index contributed by atoms with van der Waals surface area (Å²) >= 11 is 0. The summed E-state index contributed by atoms with van der Waals surface area (Å²) in [6.07, 6.45) is 0.575. The van der Waals surface area contributed by atoms with Gasteiger partial charge in [0.05, 0.1) is 0 Å². The molecule has 1 aromatic rings. The number of rotatable bonds is 0. The highest BCUT2D eigenvalue weighted by Crippen LogP contribution is 2.18. The summed E-state index contributed by atoms with van der Waals surface area (Å²) in [6, 6.07) is 7.48. The van der Waals surface area contributed by atoms with Crippen LogP contribution in [-0.2, 0) is 6.42 Å². The molecule has 0 spiro atoms. The molecule has 1 aromatic carbocycles. The van der Waals surface area contributed by atoms with E-state index in [-0.39, 0.29) is 5.78 Å². The van der Waals surface area contributed by atoms with Crippen LogP contribution in [0.25, 0.3) is 0 Å². The number of carbonyl (C=O) groups is 1. The van der Waals surface area contributed by atoms with Gasteiger partial charge in [0.15, 0.2) is 0 Å². The summed E-state index contributed by atoms with van der Waals surface area (Å²) in [7, 11) is 0. The van der Waals surface area contributed by atoms with Crippen LogP contribution < -0.4 is 5.84 Å². The Morgan fingerprint density at radius 1 is 1.33 bits per heavy atom. The minimum Gasteiger partial charge on any atom is -0.323 e. The van der Waals surface area contributed by atoms with Crippen LogP contribution in [0.3, 0.4) is 0 Å². The first-order chi connectivity index (χ1) is 5.83. The number of nitrogens with zero attached hydrogens (tertiary/aromatic N) is 1. The van der Waals surface area contributed by atoms with Crippen molar-refractivity contribution in [3.63, 3.8) is 0 Å². The number of Topliss-reactive ketones (excluding diaryl/α,β-unsaturated/α-hetero) is 1. The Balaban J connectivity index is 2.56. The molecule has 3 nitrogen and oxygen atoms in total. The molecule has 0 amide bonds. The first kappa shape index (κ1) is 7.03. The second-order valence-corrected chi connectivity index (χ2v) is 2.74. The van der Waals surface area contributed by atoms with Crippen molar-refractivity contribution in [2.24, 2.45) is 10.9 Å². The van der Waals surface area contributed by atoms with Crippen LogP contribution in [-0.4, -0.2) is 11.5 Å². The number of benzene rings is 1. The topological polar surface area (TPSA) is 55.4 Å². The molecule has 60 valence electrons. The molecule has 0 radical (unpaired) electrons. The molecule has 0 aliphatic heterocycles. The predicted octanol–water partition coefficient (Wildman–Crippen LogP) is 0.740. The molecule has 0 aromatic heterocycles. The molecule has 2 N–H and O–H groups in total. The van der Waals surface area contributed by atoms with Gasteiger partial charge >= 0.3 is 0 Å². The Morgan fingerprint density at radius 2 is 2.08 bits per heavy atom. The summed E-state index contributed by atoms with van der Waals surface area (Å²) in [5.74, 6) is 5.04.